The van der Waals surface area contributed by atoms with Crippen molar-refractivity contribution in [2.45, 2.75) is 32.1 Å². The number of rotatable bonds is 5. The minimum absolute atomic E-state index is 0.254. The van der Waals surface area contributed by atoms with Crippen molar-refractivity contribution in [3.8, 4) is 0 Å². The molecule has 1 aromatic carbocycles. The molecule has 1 N–H and O–H groups in total. The van der Waals surface area contributed by atoms with E-state index in [0.717, 1.165) is 16.1 Å². The Labute approximate surface area is 112 Å². The van der Waals surface area contributed by atoms with Crippen LogP contribution in [0.2, 0.25) is 25.7 Å². The van der Waals surface area contributed by atoms with E-state index in [4.69, 9.17) is 0 Å². The Morgan fingerprint density at radius 2 is 2.06 bits per heavy atom. The molecule has 17 heavy (non-hydrogen) atoms. The van der Waals surface area contributed by atoms with Crippen LogP contribution in [0.25, 0.3) is 0 Å². The van der Waals surface area contributed by atoms with Crippen molar-refractivity contribution in [3.05, 3.63) is 34.3 Å². The van der Waals surface area contributed by atoms with Crippen molar-refractivity contribution in [3.63, 3.8) is 0 Å². The Hall–Kier alpha value is -0.613. The van der Waals surface area contributed by atoms with Gasteiger partial charge in [0.05, 0.1) is 5.92 Å². The minimum Gasteiger partial charge on any atom is -0.481 e. The maximum atomic E-state index is 11.3. The van der Waals surface area contributed by atoms with Crippen LogP contribution in [0, 0.1) is 5.92 Å². The van der Waals surface area contributed by atoms with Crippen LogP contribution in [0.3, 0.4) is 0 Å². The second kappa shape index (κ2) is 5.82. The summed E-state index contributed by atoms with van der Waals surface area (Å²) in [7, 11) is -1.34. The Balaban J connectivity index is 2.77. The van der Waals surface area contributed by atoms with Gasteiger partial charge < -0.3 is 5.11 Å². The number of hydrogen-bond donors (Lipinski definition) is 1. The number of benzene rings is 1. The number of carboxylic acids is 1. The van der Waals surface area contributed by atoms with Gasteiger partial charge in [-0.3, -0.25) is 4.79 Å². The molecule has 0 saturated carbocycles. The van der Waals surface area contributed by atoms with Gasteiger partial charge in [0.15, 0.2) is 0 Å². The quantitative estimate of drug-likeness (QED) is 0.833. The zero-order valence-corrected chi connectivity index (χ0v) is 13.1. The molecule has 0 bridgehead atoms. The Kier molecular flexibility index (Phi) is 4.95. The molecule has 0 aliphatic rings. The van der Waals surface area contributed by atoms with E-state index >= 15 is 0 Å². The van der Waals surface area contributed by atoms with Crippen molar-refractivity contribution < 1.29 is 9.90 Å². The number of aliphatic carboxylic acids is 1. The highest BCUT2D eigenvalue weighted by Gasteiger charge is 2.25. The molecule has 0 amide bonds. The standard InChI is InChI=1S/C13H19BrO2Si/c1-17(2,3)9-11(13(15)16)7-10-5-4-6-12(14)8-10/h4-6,8,11H,7,9H2,1-3H3,(H,15,16). The molecule has 0 saturated heterocycles. The Morgan fingerprint density at radius 3 is 2.53 bits per heavy atom. The fourth-order valence-electron chi connectivity index (χ4n) is 1.93. The van der Waals surface area contributed by atoms with Crippen LogP contribution >= 0.6 is 15.9 Å². The lowest BCUT2D eigenvalue weighted by Crippen LogP contribution is -2.29. The van der Waals surface area contributed by atoms with Crippen LogP contribution in [0.4, 0.5) is 0 Å². The predicted molar refractivity (Wildman–Crippen MR) is 77.1 cm³/mol. The smallest absolute Gasteiger partial charge is 0.306 e. The summed E-state index contributed by atoms with van der Waals surface area (Å²) in [5.74, 6) is -0.927. The molecular weight excluding hydrogens is 296 g/mol. The molecule has 2 nitrogen and oxygen atoms in total. The van der Waals surface area contributed by atoms with Gasteiger partial charge in [0.2, 0.25) is 0 Å². The molecule has 4 heteroatoms. The number of hydrogen-bond acceptors (Lipinski definition) is 1. The molecule has 1 atom stereocenters. The first-order valence-corrected chi connectivity index (χ1v) is 10.3. The van der Waals surface area contributed by atoms with Crippen LogP contribution in [0.5, 0.6) is 0 Å². The first kappa shape index (κ1) is 14.4. The zero-order chi connectivity index (χ0) is 13.1. The average Bonchev–Trinajstić information content (AvgIpc) is 2.14. The third-order valence-corrected chi connectivity index (χ3v) is 4.79. The van der Waals surface area contributed by atoms with E-state index in [9.17, 15) is 9.90 Å². The number of carbonyl (C=O) groups is 1. The van der Waals surface area contributed by atoms with Crippen molar-refractivity contribution in [2.24, 2.45) is 5.92 Å². The molecule has 0 aliphatic heterocycles. The average molecular weight is 315 g/mol. The van der Waals surface area contributed by atoms with Crippen LogP contribution in [0.1, 0.15) is 5.56 Å². The maximum absolute atomic E-state index is 11.3. The summed E-state index contributed by atoms with van der Waals surface area (Å²) >= 11 is 3.41. The molecule has 1 aromatic rings. The van der Waals surface area contributed by atoms with Crippen molar-refractivity contribution >= 4 is 30.0 Å². The normalized spacial score (nSPS) is 13.4. The highest BCUT2D eigenvalue weighted by atomic mass is 79.9. The Bertz CT molecular complexity index is 399. The van der Waals surface area contributed by atoms with E-state index in [1.165, 1.54) is 0 Å². The predicted octanol–water partition coefficient (Wildman–Crippen LogP) is 4.03. The summed E-state index contributed by atoms with van der Waals surface area (Å²) in [6.45, 7) is 6.64. The summed E-state index contributed by atoms with van der Waals surface area (Å²) in [6, 6.07) is 8.73. The van der Waals surface area contributed by atoms with E-state index in [-0.39, 0.29) is 5.92 Å². The van der Waals surface area contributed by atoms with Gasteiger partial charge in [-0.05, 0) is 30.2 Å². The first-order valence-electron chi connectivity index (χ1n) is 5.75. The lowest BCUT2D eigenvalue weighted by molar-refractivity contribution is -0.141. The Morgan fingerprint density at radius 1 is 1.41 bits per heavy atom. The molecule has 0 aromatic heterocycles. The second-order valence-electron chi connectivity index (χ2n) is 5.63. The third-order valence-electron chi connectivity index (χ3n) is 2.58. The van der Waals surface area contributed by atoms with E-state index in [1.807, 2.05) is 24.3 Å². The molecule has 0 heterocycles. The highest BCUT2D eigenvalue weighted by molar-refractivity contribution is 9.10. The lowest BCUT2D eigenvalue weighted by atomic mass is 10.0. The van der Waals surface area contributed by atoms with E-state index in [1.54, 1.807) is 0 Å². The van der Waals surface area contributed by atoms with E-state index in [2.05, 4.69) is 35.6 Å². The van der Waals surface area contributed by atoms with Crippen LogP contribution in [-0.2, 0) is 11.2 Å². The van der Waals surface area contributed by atoms with Gasteiger partial charge in [0.1, 0.15) is 0 Å². The second-order valence-corrected chi connectivity index (χ2v) is 12.1. The monoisotopic (exact) mass is 314 g/mol. The van der Waals surface area contributed by atoms with Crippen molar-refractivity contribution in [1.82, 2.24) is 0 Å². The molecule has 0 fully saturated rings. The molecular formula is C13H19BrO2Si. The summed E-state index contributed by atoms with van der Waals surface area (Å²) < 4.78 is 1.01. The van der Waals surface area contributed by atoms with Gasteiger partial charge >= 0.3 is 5.97 Å². The van der Waals surface area contributed by atoms with Crippen molar-refractivity contribution in [2.75, 3.05) is 0 Å². The highest BCUT2D eigenvalue weighted by Crippen LogP contribution is 2.22. The molecule has 1 rings (SSSR count). The van der Waals surface area contributed by atoms with Gasteiger partial charge in [-0.25, -0.2) is 0 Å². The van der Waals surface area contributed by atoms with Gasteiger partial charge in [-0.1, -0.05) is 47.7 Å². The fourth-order valence-corrected chi connectivity index (χ4v) is 4.18. The largest absolute Gasteiger partial charge is 0.481 e. The maximum Gasteiger partial charge on any atom is 0.306 e. The van der Waals surface area contributed by atoms with E-state index < -0.39 is 14.0 Å². The lowest BCUT2D eigenvalue weighted by Gasteiger charge is -2.21. The number of carboxylic acid groups (broad SMARTS) is 1. The summed E-state index contributed by atoms with van der Waals surface area (Å²) in [5.41, 5.74) is 1.09. The molecule has 1 unspecified atom stereocenters. The van der Waals surface area contributed by atoms with Crippen LogP contribution in [-0.4, -0.2) is 19.1 Å². The van der Waals surface area contributed by atoms with Crippen molar-refractivity contribution in [1.29, 1.82) is 0 Å². The summed E-state index contributed by atoms with van der Waals surface area (Å²) in [5, 5.41) is 9.28. The third kappa shape index (κ3) is 5.50. The fraction of sp³-hybridized carbons (Fsp3) is 0.462. The SMILES string of the molecule is C[Si](C)(C)CC(Cc1cccc(Br)c1)C(=O)O. The van der Waals surface area contributed by atoms with Gasteiger partial charge in [-0.15, -0.1) is 0 Å². The first-order chi connectivity index (χ1) is 7.78. The van der Waals surface area contributed by atoms with Gasteiger partial charge in [0, 0.05) is 12.5 Å². The van der Waals surface area contributed by atoms with Crippen LogP contribution in [0.15, 0.2) is 28.7 Å². The molecule has 94 valence electrons. The van der Waals surface area contributed by atoms with Crippen LogP contribution < -0.4 is 0 Å². The minimum atomic E-state index is -1.34. The van der Waals surface area contributed by atoms with E-state index in [0.29, 0.717) is 6.42 Å². The van der Waals surface area contributed by atoms with Gasteiger partial charge in [-0.2, -0.15) is 0 Å². The van der Waals surface area contributed by atoms with Gasteiger partial charge in [0.25, 0.3) is 0 Å². The number of halogens is 1. The molecule has 0 spiro atoms. The zero-order valence-electron chi connectivity index (χ0n) is 10.5. The molecule has 0 aliphatic carbocycles. The molecule has 0 radical (unpaired) electrons. The summed E-state index contributed by atoms with van der Waals surface area (Å²) in [4.78, 5) is 11.3. The topological polar surface area (TPSA) is 37.3 Å². The summed E-state index contributed by atoms with van der Waals surface area (Å²) in [6.07, 6.45) is 0.624.